The largest absolute Gasteiger partial charge is 0.496 e. The highest BCUT2D eigenvalue weighted by Crippen LogP contribution is 2.47. The van der Waals surface area contributed by atoms with E-state index in [1.165, 1.54) is 23.1 Å². The summed E-state index contributed by atoms with van der Waals surface area (Å²) in [5.74, 6) is 1.01. The number of benzene rings is 1. The van der Waals surface area contributed by atoms with Gasteiger partial charge in [-0.25, -0.2) is 0 Å². The average Bonchev–Trinajstić information content (AvgIpc) is 2.45. The lowest BCUT2D eigenvalue weighted by Gasteiger charge is -2.47. The van der Waals surface area contributed by atoms with Gasteiger partial charge in [0.1, 0.15) is 5.75 Å². The van der Waals surface area contributed by atoms with E-state index in [1.54, 1.807) is 7.11 Å². The van der Waals surface area contributed by atoms with Crippen LogP contribution in [0.25, 0.3) is 0 Å². The Morgan fingerprint density at radius 2 is 1.95 bits per heavy atom. The summed E-state index contributed by atoms with van der Waals surface area (Å²) in [4.78, 5) is 0. The van der Waals surface area contributed by atoms with Gasteiger partial charge in [0.25, 0.3) is 0 Å². The molecule has 118 valence electrons. The summed E-state index contributed by atoms with van der Waals surface area (Å²) in [6.45, 7) is 7.45. The van der Waals surface area contributed by atoms with Gasteiger partial charge in [0.05, 0.1) is 18.8 Å². The third kappa shape index (κ3) is 2.95. The smallest absolute Gasteiger partial charge is 0.126 e. The van der Waals surface area contributed by atoms with Gasteiger partial charge < -0.3 is 14.8 Å². The van der Waals surface area contributed by atoms with Gasteiger partial charge in [-0.15, -0.1) is 0 Å². The van der Waals surface area contributed by atoms with E-state index in [0.29, 0.717) is 0 Å². The lowest BCUT2D eigenvalue weighted by molar-refractivity contribution is -0.100. The van der Waals surface area contributed by atoms with Crippen molar-refractivity contribution in [2.75, 3.05) is 20.8 Å². The second kappa shape index (κ2) is 6.80. The zero-order valence-electron chi connectivity index (χ0n) is 14.1. The van der Waals surface area contributed by atoms with E-state index < -0.39 is 0 Å². The van der Waals surface area contributed by atoms with E-state index in [9.17, 15) is 0 Å². The lowest BCUT2D eigenvalue weighted by Crippen LogP contribution is -2.50. The first kappa shape index (κ1) is 16.3. The van der Waals surface area contributed by atoms with E-state index >= 15 is 0 Å². The van der Waals surface area contributed by atoms with Crippen LogP contribution in [0, 0.1) is 13.8 Å². The first-order chi connectivity index (χ1) is 10.1. The van der Waals surface area contributed by atoms with E-state index in [0.717, 1.165) is 31.6 Å². The number of nitrogens with one attached hydrogen (secondary N) is 1. The molecule has 1 aliphatic rings. The maximum atomic E-state index is 5.94. The van der Waals surface area contributed by atoms with Crippen LogP contribution in [0.3, 0.4) is 0 Å². The summed E-state index contributed by atoms with van der Waals surface area (Å²) in [6, 6.07) is 4.59. The number of hydrogen-bond donors (Lipinski definition) is 1. The fourth-order valence-electron chi connectivity index (χ4n) is 3.31. The average molecular weight is 291 g/mol. The minimum absolute atomic E-state index is 0.0792. The minimum atomic E-state index is -0.0792. The van der Waals surface area contributed by atoms with Gasteiger partial charge in [0, 0.05) is 12.7 Å². The molecule has 21 heavy (non-hydrogen) atoms. The topological polar surface area (TPSA) is 30.5 Å². The number of hydrogen-bond acceptors (Lipinski definition) is 3. The molecule has 0 saturated heterocycles. The monoisotopic (exact) mass is 291 g/mol. The first-order valence-electron chi connectivity index (χ1n) is 8.02. The third-order valence-electron chi connectivity index (χ3n) is 4.95. The van der Waals surface area contributed by atoms with E-state index in [-0.39, 0.29) is 11.6 Å². The second-order valence-corrected chi connectivity index (χ2v) is 6.14. The SMILES string of the molecule is CCCNC(c1ccc(C)c(C)c1OC)C1(OC)CCC1. The molecule has 1 atom stereocenters. The maximum absolute atomic E-state index is 5.94. The molecule has 1 aliphatic carbocycles. The normalized spacial score (nSPS) is 18.1. The number of ether oxygens (including phenoxy) is 2. The molecule has 0 aliphatic heterocycles. The molecule has 3 heteroatoms. The molecular weight excluding hydrogens is 262 g/mol. The molecule has 1 unspecified atom stereocenters. The van der Waals surface area contributed by atoms with Gasteiger partial charge in [0.2, 0.25) is 0 Å². The molecule has 1 aromatic carbocycles. The van der Waals surface area contributed by atoms with Crippen molar-refractivity contribution < 1.29 is 9.47 Å². The van der Waals surface area contributed by atoms with Crippen LogP contribution in [-0.4, -0.2) is 26.4 Å². The molecule has 2 rings (SSSR count). The van der Waals surface area contributed by atoms with E-state index in [1.807, 2.05) is 7.11 Å². The van der Waals surface area contributed by atoms with Crippen LogP contribution in [0.2, 0.25) is 0 Å². The quantitative estimate of drug-likeness (QED) is 0.826. The van der Waals surface area contributed by atoms with Gasteiger partial charge in [0.15, 0.2) is 0 Å². The molecule has 0 spiro atoms. The van der Waals surface area contributed by atoms with Gasteiger partial charge in [-0.1, -0.05) is 19.1 Å². The van der Waals surface area contributed by atoms with Crippen molar-refractivity contribution in [2.24, 2.45) is 0 Å². The van der Waals surface area contributed by atoms with Crippen LogP contribution in [0.5, 0.6) is 5.75 Å². The molecule has 1 N–H and O–H groups in total. The van der Waals surface area contributed by atoms with Crippen molar-refractivity contribution in [3.8, 4) is 5.75 Å². The van der Waals surface area contributed by atoms with E-state index in [2.05, 4.69) is 38.2 Å². The van der Waals surface area contributed by atoms with Crippen LogP contribution in [0.4, 0.5) is 0 Å². The molecule has 1 aromatic rings. The van der Waals surface area contributed by atoms with Crippen LogP contribution in [0.1, 0.15) is 55.3 Å². The Bertz CT molecular complexity index is 475. The maximum Gasteiger partial charge on any atom is 0.126 e. The summed E-state index contributed by atoms with van der Waals surface area (Å²) >= 11 is 0. The molecule has 0 amide bonds. The number of methoxy groups -OCH3 is 2. The van der Waals surface area contributed by atoms with Crippen molar-refractivity contribution >= 4 is 0 Å². The molecule has 1 saturated carbocycles. The Morgan fingerprint density at radius 3 is 2.43 bits per heavy atom. The molecule has 3 nitrogen and oxygen atoms in total. The predicted molar refractivity (Wildman–Crippen MR) is 87.1 cm³/mol. The predicted octanol–water partition coefficient (Wildman–Crippen LogP) is 3.92. The standard InChI is InChI=1S/C18H29NO2/c1-6-12-19-17(18(21-5)10-7-11-18)15-9-8-13(2)14(3)16(15)20-4/h8-9,17,19H,6-7,10-12H2,1-5H3. The second-order valence-electron chi connectivity index (χ2n) is 6.14. The molecular formula is C18H29NO2. The van der Waals surface area contributed by atoms with Crippen molar-refractivity contribution in [1.82, 2.24) is 5.32 Å². The Labute approximate surface area is 129 Å². The summed E-state index contributed by atoms with van der Waals surface area (Å²) in [7, 11) is 3.61. The Kier molecular flexibility index (Phi) is 5.28. The van der Waals surface area contributed by atoms with Crippen LogP contribution in [-0.2, 0) is 4.74 Å². The van der Waals surface area contributed by atoms with Gasteiger partial charge in [-0.05, 0) is 57.2 Å². The Balaban J connectivity index is 2.43. The summed E-state index contributed by atoms with van der Waals surface area (Å²) in [5, 5.41) is 3.70. The van der Waals surface area contributed by atoms with Gasteiger partial charge in [-0.2, -0.15) is 0 Å². The van der Waals surface area contributed by atoms with E-state index in [4.69, 9.17) is 9.47 Å². The summed E-state index contributed by atoms with van der Waals surface area (Å²) in [6.07, 6.45) is 4.58. The van der Waals surface area contributed by atoms with Gasteiger partial charge in [-0.3, -0.25) is 0 Å². The molecule has 0 radical (unpaired) electrons. The van der Waals surface area contributed by atoms with Crippen LogP contribution in [0.15, 0.2) is 12.1 Å². The highest BCUT2D eigenvalue weighted by atomic mass is 16.5. The molecule has 0 bridgehead atoms. The van der Waals surface area contributed by atoms with Crippen LogP contribution >= 0.6 is 0 Å². The van der Waals surface area contributed by atoms with Crippen molar-refractivity contribution in [2.45, 2.75) is 58.1 Å². The third-order valence-corrected chi connectivity index (χ3v) is 4.95. The van der Waals surface area contributed by atoms with Crippen molar-refractivity contribution in [3.63, 3.8) is 0 Å². The molecule has 0 heterocycles. The Morgan fingerprint density at radius 1 is 1.24 bits per heavy atom. The minimum Gasteiger partial charge on any atom is -0.496 e. The zero-order chi connectivity index (χ0) is 15.5. The summed E-state index contributed by atoms with van der Waals surface area (Å²) < 4.78 is 11.7. The number of rotatable bonds is 7. The highest BCUT2D eigenvalue weighted by molar-refractivity contribution is 5.48. The number of aryl methyl sites for hydroxylation is 1. The van der Waals surface area contributed by atoms with Gasteiger partial charge >= 0.3 is 0 Å². The van der Waals surface area contributed by atoms with Crippen molar-refractivity contribution in [3.05, 3.63) is 28.8 Å². The molecule has 1 fully saturated rings. The van der Waals surface area contributed by atoms with Crippen LogP contribution < -0.4 is 10.1 Å². The Hall–Kier alpha value is -1.06. The molecule has 0 aromatic heterocycles. The zero-order valence-corrected chi connectivity index (χ0v) is 14.1. The van der Waals surface area contributed by atoms with Crippen molar-refractivity contribution in [1.29, 1.82) is 0 Å². The first-order valence-corrected chi connectivity index (χ1v) is 8.02. The fourth-order valence-corrected chi connectivity index (χ4v) is 3.31. The lowest BCUT2D eigenvalue weighted by atomic mass is 9.71. The fraction of sp³-hybridized carbons (Fsp3) is 0.667. The summed E-state index contributed by atoms with van der Waals surface area (Å²) in [5.41, 5.74) is 3.65. The highest BCUT2D eigenvalue weighted by Gasteiger charge is 2.46.